The summed E-state index contributed by atoms with van der Waals surface area (Å²) in [4.78, 5) is 55.1. The first-order chi connectivity index (χ1) is 32.8. The number of hydrogen-bond donors (Lipinski definition) is 3. The summed E-state index contributed by atoms with van der Waals surface area (Å²) in [6.45, 7) is 0.372. The maximum atomic E-state index is 14.9. The fourth-order valence-corrected chi connectivity index (χ4v) is 8.27. The van der Waals surface area contributed by atoms with Crippen molar-refractivity contribution in [1.29, 1.82) is 0 Å². The molecule has 15 nitrogen and oxygen atoms in total. The zero-order valence-electron chi connectivity index (χ0n) is 36.6. The van der Waals surface area contributed by atoms with Crippen molar-refractivity contribution in [2.45, 2.75) is 94.5 Å². The van der Waals surface area contributed by atoms with Crippen LogP contribution in [0.3, 0.4) is 0 Å². The van der Waals surface area contributed by atoms with Crippen LogP contribution in [0.2, 0.25) is 0 Å². The molecule has 15 heteroatoms. The molecule has 0 unspecified atom stereocenters. The van der Waals surface area contributed by atoms with Gasteiger partial charge in [0.15, 0.2) is 12.3 Å². The molecule has 9 atom stereocenters. The Bertz CT molecular complexity index is 2580. The van der Waals surface area contributed by atoms with Gasteiger partial charge in [0.2, 0.25) is 0 Å². The summed E-state index contributed by atoms with van der Waals surface area (Å²) in [7, 11) is 0. The van der Waals surface area contributed by atoms with Crippen molar-refractivity contribution in [3.63, 3.8) is 0 Å². The lowest BCUT2D eigenvalue weighted by molar-refractivity contribution is -0.261. The number of carboxylic acid groups (broad SMARTS) is 1. The number of nitrogens with zero attached hydrogens (tertiary/aromatic N) is 1. The minimum Gasteiger partial charge on any atom is -0.481 e. The monoisotopic (exact) mass is 911 g/mol. The lowest BCUT2D eigenvalue weighted by Crippen LogP contribution is -2.64. The fourth-order valence-electron chi connectivity index (χ4n) is 8.27. The Balaban J connectivity index is 1.11. The Morgan fingerprint density at radius 1 is 0.522 bits per heavy atom. The zero-order valence-corrected chi connectivity index (χ0v) is 36.6. The second kappa shape index (κ2) is 23.3. The Kier molecular flexibility index (Phi) is 16.3. The van der Waals surface area contributed by atoms with Crippen molar-refractivity contribution in [1.82, 2.24) is 14.9 Å². The van der Waals surface area contributed by atoms with Crippen molar-refractivity contribution >= 4 is 11.9 Å². The highest BCUT2D eigenvalue weighted by molar-refractivity contribution is 5.82. The van der Waals surface area contributed by atoms with Gasteiger partial charge in [-0.3, -0.25) is 23.9 Å². The Morgan fingerprint density at radius 3 is 1.36 bits per heavy atom. The lowest BCUT2D eigenvalue weighted by atomic mass is 9.91. The lowest BCUT2D eigenvalue weighted by Gasteiger charge is -2.45. The standard InChI is InChI=1S/C52H53N3O12/c56-42-26-27-55(52(60)54-42)51-49(65-34-39-24-14-5-15-25-39)45(62-31-36-18-8-2-9-19-36)41(67-51)29-53-50(59)48-47(64-33-38-22-12-4-13-23-38)46(63-32-37-20-10-3-11-21-37)44(40(66-48)28-43(57)58)61-30-35-16-6-1-7-17-35/h1-27,40-41,44-49,51H,28-34H2,(H,53,59)(H,57,58)(H,54,56,60)/t40-,41+,44-,45+,46+,47-,48-,49+,51+/m0/s1. The van der Waals surface area contributed by atoms with E-state index in [4.69, 9.17) is 33.2 Å². The Hall–Kier alpha value is -6.56. The van der Waals surface area contributed by atoms with Crippen LogP contribution >= 0.6 is 0 Å². The van der Waals surface area contributed by atoms with Gasteiger partial charge in [0.25, 0.3) is 11.5 Å². The van der Waals surface area contributed by atoms with E-state index in [1.165, 1.54) is 16.8 Å². The van der Waals surface area contributed by atoms with Crippen LogP contribution in [0.5, 0.6) is 0 Å². The van der Waals surface area contributed by atoms with Gasteiger partial charge in [0.1, 0.15) is 36.6 Å². The molecule has 2 aliphatic heterocycles. The van der Waals surface area contributed by atoms with Crippen molar-refractivity contribution < 1.29 is 47.9 Å². The second-order valence-corrected chi connectivity index (χ2v) is 16.3. The van der Waals surface area contributed by atoms with Gasteiger partial charge in [-0.25, -0.2) is 4.79 Å². The molecule has 0 aliphatic carbocycles. The van der Waals surface area contributed by atoms with Gasteiger partial charge in [0, 0.05) is 18.8 Å². The van der Waals surface area contributed by atoms with E-state index in [0.29, 0.717) is 0 Å². The van der Waals surface area contributed by atoms with Gasteiger partial charge >= 0.3 is 11.7 Å². The number of amides is 1. The molecule has 2 saturated heterocycles. The summed E-state index contributed by atoms with van der Waals surface area (Å²) in [5.41, 5.74) is 2.92. The van der Waals surface area contributed by atoms with E-state index < -0.39 is 84.6 Å². The van der Waals surface area contributed by atoms with Crippen LogP contribution in [0.4, 0.5) is 0 Å². The molecule has 3 N–H and O–H groups in total. The highest BCUT2D eigenvalue weighted by Gasteiger charge is 2.52. The molecule has 3 heterocycles. The summed E-state index contributed by atoms with van der Waals surface area (Å²) >= 11 is 0. The predicted octanol–water partition coefficient (Wildman–Crippen LogP) is 5.72. The molecule has 0 radical (unpaired) electrons. The first-order valence-electron chi connectivity index (χ1n) is 22.2. The smallest absolute Gasteiger partial charge is 0.330 e. The Labute approximate surface area is 387 Å². The van der Waals surface area contributed by atoms with Crippen LogP contribution in [0, 0.1) is 0 Å². The second-order valence-electron chi connectivity index (χ2n) is 16.3. The third-order valence-corrected chi connectivity index (χ3v) is 11.6. The number of hydrogen-bond acceptors (Lipinski definition) is 11. The number of ether oxygens (including phenoxy) is 7. The molecule has 0 bridgehead atoms. The number of benzene rings is 5. The molecule has 1 aromatic heterocycles. The number of rotatable bonds is 21. The van der Waals surface area contributed by atoms with Crippen LogP contribution in [-0.2, 0) is 75.8 Å². The molecule has 8 rings (SSSR count). The number of carboxylic acids is 1. The minimum atomic E-state index is -1.40. The molecule has 1 amide bonds. The number of aliphatic carboxylic acids is 1. The number of carbonyl (C=O) groups is 2. The molecule has 67 heavy (non-hydrogen) atoms. The van der Waals surface area contributed by atoms with Gasteiger partial charge in [-0.2, -0.15) is 0 Å². The summed E-state index contributed by atoms with van der Waals surface area (Å²) in [5.74, 6) is -1.80. The SMILES string of the molecule is O=C(O)C[C@@H]1O[C@H](C(=O)NC[C@H]2O[C@@H](n3ccc(=O)[nH]c3=O)[C@H](OCc3ccccc3)[C@@H]2OCc2ccccc2)[C@@H](OCc2ccccc2)[C@H](OCc2ccccc2)[C@H]1OCc1ccccc1. The Morgan fingerprint density at radius 2 is 0.925 bits per heavy atom. The minimum absolute atomic E-state index is 0.0655. The van der Waals surface area contributed by atoms with Crippen molar-refractivity contribution in [2.75, 3.05) is 6.54 Å². The zero-order chi connectivity index (χ0) is 46.4. The number of carbonyl (C=O) groups excluding carboxylic acids is 1. The van der Waals surface area contributed by atoms with E-state index in [1.807, 2.05) is 152 Å². The van der Waals surface area contributed by atoms with Crippen LogP contribution in [-0.4, -0.2) is 81.9 Å². The molecular formula is C52H53N3O12. The summed E-state index contributed by atoms with van der Waals surface area (Å²) in [6.07, 6.45) is -8.63. The van der Waals surface area contributed by atoms with E-state index in [2.05, 4.69) is 10.3 Å². The third-order valence-electron chi connectivity index (χ3n) is 11.6. The number of aromatic amines is 1. The van der Waals surface area contributed by atoms with Gasteiger partial charge in [-0.1, -0.05) is 152 Å². The van der Waals surface area contributed by atoms with Crippen molar-refractivity contribution in [3.8, 4) is 0 Å². The normalized spacial score (nSPS) is 23.7. The fraction of sp³-hybridized carbons (Fsp3) is 0.308. The maximum Gasteiger partial charge on any atom is 0.330 e. The molecule has 6 aromatic rings. The molecule has 2 fully saturated rings. The average molecular weight is 912 g/mol. The van der Waals surface area contributed by atoms with E-state index in [9.17, 15) is 24.3 Å². The molecule has 2 aliphatic rings. The largest absolute Gasteiger partial charge is 0.481 e. The predicted molar refractivity (Wildman–Crippen MR) is 244 cm³/mol. The van der Waals surface area contributed by atoms with Crippen molar-refractivity contribution in [2.24, 2.45) is 0 Å². The molecular weight excluding hydrogens is 859 g/mol. The molecule has 0 spiro atoms. The highest BCUT2D eigenvalue weighted by atomic mass is 16.6. The molecule has 5 aromatic carbocycles. The van der Waals surface area contributed by atoms with E-state index >= 15 is 0 Å². The van der Waals surface area contributed by atoms with Crippen LogP contribution in [0.1, 0.15) is 40.5 Å². The summed E-state index contributed by atoms with van der Waals surface area (Å²) in [5, 5.41) is 13.2. The average Bonchev–Trinajstić information content (AvgIpc) is 3.70. The first-order valence-corrected chi connectivity index (χ1v) is 22.2. The van der Waals surface area contributed by atoms with Crippen LogP contribution in [0.25, 0.3) is 0 Å². The van der Waals surface area contributed by atoms with Crippen LogP contribution < -0.4 is 16.6 Å². The quantitative estimate of drug-likeness (QED) is 0.0800. The van der Waals surface area contributed by atoms with E-state index in [1.54, 1.807) is 0 Å². The van der Waals surface area contributed by atoms with Gasteiger partial charge < -0.3 is 43.6 Å². The van der Waals surface area contributed by atoms with Gasteiger partial charge in [0.05, 0.1) is 45.6 Å². The number of aromatic nitrogens is 2. The van der Waals surface area contributed by atoms with Gasteiger partial charge in [-0.15, -0.1) is 0 Å². The topological polar surface area (TPSA) is 186 Å². The first kappa shape index (κ1) is 47.0. The number of nitrogens with one attached hydrogen (secondary N) is 2. The van der Waals surface area contributed by atoms with E-state index in [-0.39, 0.29) is 39.6 Å². The van der Waals surface area contributed by atoms with Crippen LogP contribution in [0.15, 0.2) is 174 Å². The molecule has 348 valence electrons. The number of H-pyrrole nitrogens is 1. The van der Waals surface area contributed by atoms with Crippen molar-refractivity contribution in [3.05, 3.63) is 213 Å². The molecule has 0 saturated carbocycles. The third kappa shape index (κ3) is 12.7. The summed E-state index contributed by atoms with van der Waals surface area (Å²) in [6, 6.07) is 48.5. The summed E-state index contributed by atoms with van der Waals surface area (Å²) < 4.78 is 47.3. The highest BCUT2D eigenvalue weighted by Crippen LogP contribution is 2.35. The van der Waals surface area contributed by atoms with E-state index in [0.717, 1.165) is 27.8 Å². The van der Waals surface area contributed by atoms with Gasteiger partial charge in [-0.05, 0) is 27.8 Å². The maximum absolute atomic E-state index is 14.9.